The number of nitrogens with two attached hydrogens (primary N) is 2. The third kappa shape index (κ3) is 2.76. The van der Waals surface area contributed by atoms with Gasteiger partial charge in [0.15, 0.2) is 0 Å². The summed E-state index contributed by atoms with van der Waals surface area (Å²) in [5, 5.41) is 0. The zero-order valence-corrected chi connectivity index (χ0v) is 11.1. The fourth-order valence-corrected chi connectivity index (χ4v) is 3.81. The number of halogens is 2. The minimum absolute atomic E-state index is 0.688. The second-order valence-corrected chi connectivity index (χ2v) is 5.43. The van der Waals surface area contributed by atoms with Gasteiger partial charge in [-0.25, -0.2) is 0 Å². The molecular formula is C8H12Br2N2S. The van der Waals surface area contributed by atoms with E-state index in [1.54, 1.807) is 11.3 Å². The van der Waals surface area contributed by atoms with Crippen LogP contribution in [-0.4, -0.2) is 13.1 Å². The Morgan fingerprint density at radius 3 is 1.62 bits per heavy atom. The van der Waals surface area contributed by atoms with Crippen LogP contribution in [0.3, 0.4) is 0 Å². The normalized spacial score (nSPS) is 10.8. The van der Waals surface area contributed by atoms with Crippen molar-refractivity contribution < 1.29 is 0 Å². The first-order chi connectivity index (χ1) is 6.20. The maximum absolute atomic E-state index is 5.51. The highest BCUT2D eigenvalue weighted by atomic mass is 79.9. The summed E-state index contributed by atoms with van der Waals surface area (Å²) in [4.78, 5) is 2.61. The van der Waals surface area contributed by atoms with Gasteiger partial charge in [-0.2, -0.15) is 0 Å². The molecule has 1 heterocycles. The van der Waals surface area contributed by atoms with Gasteiger partial charge in [-0.15, -0.1) is 11.3 Å². The molecule has 0 radical (unpaired) electrons. The molecule has 13 heavy (non-hydrogen) atoms. The molecule has 0 aliphatic rings. The van der Waals surface area contributed by atoms with E-state index in [0.717, 1.165) is 21.8 Å². The Balaban J connectivity index is 2.90. The van der Waals surface area contributed by atoms with Crippen LogP contribution in [0.1, 0.15) is 9.75 Å². The number of thiophene rings is 1. The van der Waals surface area contributed by atoms with Crippen molar-refractivity contribution in [1.82, 2.24) is 0 Å². The molecule has 5 heteroatoms. The van der Waals surface area contributed by atoms with Gasteiger partial charge in [0.05, 0.1) is 0 Å². The van der Waals surface area contributed by atoms with Crippen molar-refractivity contribution in [3.8, 4) is 0 Å². The minimum atomic E-state index is 0.688. The fraction of sp³-hybridized carbons (Fsp3) is 0.500. The fourth-order valence-electron chi connectivity index (χ4n) is 1.07. The van der Waals surface area contributed by atoms with Crippen molar-refractivity contribution >= 4 is 43.2 Å². The second-order valence-electron chi connectivity index (χ2n) is 2.65. The molecule has 1 aromatic rings. The van der Waals surface area contributed by atoms with E-state index in [1.165, 1.54) is 9.75 Å². The van der Waals surface area contributed by atoms with Gasteiger partial charge in [-0.3, -0.25) is 0 Å². The van der Waals surface area contributed by atoms with Crippen molar-refractivity contribution in [2.75, 3.05) is 13.1 Å². The maximum Gasteiger partial charge on any atom is 0.0460 e. The Kier molecular flexibility index (Phi) is 4.89. The molecule has 0 spiro atoms. The van der Waals surface area contributed by atoms with Crippen LogP contribution in [0.5, 0.6) is 0 Å². The Bertz CT molecular complexity index is 259. The Morgan fingerprint density at radius 2 is 1.31 bits per heavy atom. The highest BCUT2D eigenvalue weighted by Gasteiger charge is 2.12. The summed E-state index contributed by atoms with van der Waals surface area (Å²) >= 11 is 8.86. The summed E-state index contributed by atoms with van der Waals surface area (Å²) in [6, 6.07) is 0. The SMILES string of the molecule is NCCc1sc(CCN)c(Br)c1Br. The molecular weight excluding hydrogens is 316 g/mol. The van der Waals surface area contributed by atoms with Gasteiger partial charge >= 0.3 is 0 Å². The molecule has 0 fully saturated rings. The number of rotatable bonds is 4. The zero-order chi connectivity index (χ0) is 9.84. The highest BCUT2D eigenvalue weighted by molar-refractivity contribution is 9.13. The molecule has 1 aromatic heterocycles. The van der Waals surface area contributed by atoms with E-state index in [2.05, 4.69) is 31.9 Å². The summed E-state index contributed by atoms with van der Waals surface area (Å²) in [7, 11) is 0. The molecule has 0 amide bonds. The topological polar surface area (TPSA) is 52.0 Å². The van der Waals surface area contributed by atoms with Gasteiger partial charge in [0.25, 0.3) is 0 Å². The zero-order valence-electron chi connectivity index (χ0n) is 7.15. The lowest BCUT2D eigenvalue weighted by molar-refractivity contribution is 0.981. The first-order valence-corrected chi connectivity index (χ1v) is 6.46. The highest BCUT2D eigenvalue weighted by Crippen LogP contribution is 2.37. The van der Waals surface area contributed by atoms with Gasteiger partial charge in [0.2, 0.25) is 0 Å². The van der Waals surface area contributed by atoms with E-state index in [1.807, 2.05) is 0 Å². The van der Waals surface area contributed by atoms with E-state index in [-0.39, 0.29) is 0 Å². The summed E-state index contributed by atoms with van der Waals surface area (Å²) in [5.74, 6) is 0. The van der Waals surface area contributed by atoms with Crippen molar-refractivity contribution in [1.29, 1.82) is 0 Å². The first kappa shape index (κ1) is 11.7. The van der Waals surface area contributed by atoms with Crippen LogP contribution in [0.4, 0.5) is 0 Å². The minimum Gasteiger partial charge on any atom is -0.330 e. The van der Waals surface area contributed by atoms with Crippen LogP contribution in [0.15, 0.2) is 8.95 Å². The van der Waals surface area contributed by atoms with E-state index in [0.29, 0.717) is 13.1 Å². The van der Waals surface area contributed by atoms with Crippen LogP contribution in [0, 0.1) is 0 Å². The summed E-state index contributed by atoms with van der Waals surface area (Å²) in [6.07, 6.45) is 1.85. The van der Waals surface area contributed by atoms with E-state index in [4.69, 9.17) is 11.5 Å². The lowest BCUT2D eigenvalue weighted by atomic mass is 10.3. The van der Waals surface area contributed by atoms with Crippen molar-refractivity contribution in [3.63, 3.8) is 0 Å². The van der Waals surface area contributed by atoms with Crippen LogP contribution >= 0.6 is 43.2 Å². The molecule has 0 aromatic carbocycles. The molecule has 0 atom stereocenters. The second kappa shape index (κ2) is 5.46. The lowest BCUT2D eigenvalue weighted by Crippen LogP contribution is -2.01. The van der Waals surface area contributed by atoms with Gasteiger partial charge in [0, 0.05) is 18.7 Å². The van der Waals surface area contributed by atoms with Gasteiger partial charge in [-0.1, -0.05) is 0 Å². The van der Waals surface area contributed by atoms with Crippen LogP contribution in [0.25, 0.3) is 0 Å². The van der Waals surface area contributed by atoms with Crippen molar-refractivity contribution in [2.24, 2.45) is 11.5 Å². The predicted octanol–water partition coefficient (Wildman–Crippen LogP) is 2.28. The third-order valence-corrected chi connectivity index (χ3v) is 5.79. The average Bonchev–Trinajstić information content (AvgIpc) is 2.36. The largest absolute Gasteiger partial charge is 0.330 e. The average molecular weight is 328 g/mol. The molecule has 0 saturated heterocycles. The van der Waals surface area contributed by atoms with Crippen molar-refractivity contribution in [2.45, 2.75) is 12.8 Å². The van der Waals surface area contributed by atoms with E-state index >= 15 is 0 Å². The Labute approximate surface area is 98.9 Å². The predicted molar refractivity (Wildman–Crippen MR) is 65.2 cm³/mol. The van der Waals surface area contributed by atoms with E-state index in [9.17, 15) is 0 Å². The standard InChI is InChI=1S/C8H12Br2N2S/c9-7-5(1-3-11)13-6(2-4-12)8(7)10/h1-4,11-12H2. The third-order valence-electron chi connectivity index (χ3n) is 1.67. The van der Waals surface area contributed by atoms with Crippen LogP contribution in [-0.2, 0) is 12.8 Å². The van der Waals surface area contributed by atoms with Gasteiger partial charge < -0.3 is 11.5 Å². The molecule has 0 aliphatic carbocycles. The molecule has 1 rings (SSSR count). The molecule has 0 aliphatic heterocycles. The quantitative estimate of drug-likeness (QED) is 0.891. The van der Waals surface area contributed by atoms with Crippen LogP contribution in [0.2, 0.25) is 0 Å². The molecule has 74 valence electrons. The number of hydrogen-bond donors (Lipinski definition) is 2. The van der Waals surface area contributed by atoms with Crippen molar-refractivity contribution in [3.05, 3.63) is 18.7 Å². The summed E-state index contributed by atoms with van der Waals surface area (Å²) in [5.41, 5.74) is 11.0. The monoisotopic (exact) mass is 326 g/mol. The van der Waals surface area contributed by atoms with Gasteiger partial charge in [-0.05, 0) is 57.8 Å². The maximum atomic E-state index is 5.51. The first-order valence-electron chi connectivity index (χ1n) is 4.06. The molecule has 0 unspecified atom stereocenters. The molecule has 0 bridgehead atoms. The summed E-state index contributed by atoms with van der Waals surface area (Å²) in [6.45, 7) is 1.38. The molecule has 4 N–H and O–H groups in total. The smallest absolute Gasteiger partial charge is 0.0460 e. The Morgan fingerprint density at radius 1 is 0.923 bits per heavy atom. The Hall–Kier alpha value is 0.580. The lowest BCUT2D eigenvalue weighted by Gasteiger charge is -1.92. The summed E-state index contributed by atoms with van der Waals surface area (Å²) < 4.78 is 2.29. The number of hydrogen-bond acceptors (Lipinski definition) is 3. The molecule has 2 nitrogen and oxygen atoms in total. The van der Waals surface area contributed by atoms with Crippen LogP contribution < -0.4 is 11.5 Å². The van der Waals surface area contributed by atoms with E-state index < -0.39 is 0 Å². The molecule has 0 saturated carbocycles. The van der Waals surface area contributed by atoms with Gasteiger partial charge in [0.1, 0.15) is 0 Å².